The molecular formula is C14H16BrN3S. The topological polar surface area (TPSA) is 41.6 Å². The van der Waals surface area contributed by atoms with Crippen LogP contribution in [0, 0.1) is 17.5 Å². The van der Waals surface area contributed by atoms with Crippen molar-refractivity contribution in [2.45, 2.75) is 27.2 Å². The zero-order chi connectivity index (χ0) is 14.0. The van der Waals surface area contributed by atoms with Crippen LogP contribution < -0.4 is 0 Å². The molecular weight excluding hydrogens is 322 g/mol. The molecule has 0 spiro atoms. The van der Waals surface area contributed by atoms with Crippen molar-refractivity contribution in [1.82, 2.24) is 15.0 Å². The van der Waals surface area contributed by atoms with Gasteiger partial charge in [-0.25, -0.2) is 4.98 Å². The van der Waals surface area contributed by atoms with Crippen LogP contribution in [-0.2, 0) is 6.42 Å². The highest BCUT2D eigenvalue weighted by Crippen LogP contribution is 2.24. The van der Waals surface area contributed by atoms with Gasteiger partial charge < -0.3 is 4.98 Å². The van der Waals surface area contributed by atoms with Gasteiger partial charge >= 0.3 is 0 Å². The molecule has 0 aliphatic heterocycles. The minimum absolute atomic E-state index is 0.548. The van der Waals surface area contributed by atoms with Crippen LogP contribution in [-0.4, -0.2) is 15.0 Å². The van der Waals surface area contributed by atoms with Crippen molar-refractivity contribution >= 4 is 28.1 Å². The van der Waals surface area contributed by atoms with E-state index in [0.29, 0.717) is 10.6 Å². The van der Waals surface area contributed by atoms with E-state index in [4.69, 9.17) is 12.2 Å². The van der Waals surface area contributed by atoms with Crippen LogP contribution in [0.5, 0.6) is 0 Å². The van der Waals surface area contributed by atoms with Crippen LogP contribution in [0.1, 0.15) is 25.1 Å². The molecule has 5 heteroatoms. The van der Waals surface area contributed by atoms with Gasteiger partial charge in [0.15, 0.2) is 0 Å². The van der Waals surface area contributed by atoms with Gasteiger partial charge in [-0.3, -0.25) is 4.98 Å². The number of nitrogens with one attached hydrogen (secondary N) is 1. The average Bonchev–Trinajstić information content (AvgIpc) is 2.35. The second-order valence-corrected chi connectivity index (χ2v) is 6.15. The van der Waals surface area contributed by atoms with E-state index in [0.717, 1.165) is 33.5 Å². The molecule has 0 atom stereocenters. The molecule has 0 bridgehead atoms. The van der Waals surface area contributed by atoms with Crippen LogP contribution in [0.4, 0.5) is 0 Å². The minimum Gasteiger partial charge on any atom is -0.342 e. The molecule has 0 aliphatic carbocycles. The smallest absolute Gasteiger partial charge is 0.144 e. The molecule has 19 heavy (non-hydrogen) atoms. The van der Waals surface area contributed by atoms with Crippen molar-refractivity contribution < 1.29 is 0 Å². The summed E-state index contributed by atoms with van der Waals surface area (Å²) in [5.41, 5.74) is 3.21. The fourth-order valence-electron chi connectivity index (χ4n) is 1.89. The Balaban J connectivity index is 2.57. The summed E-state index contributed by atoms with van der Waals surface area (Å²) in [5.74, 6) is 1.33. The number of pyridine rings is 1. The molecule has 0 aliphatic rings. The Bertz CT molecular complexity index is 649. The highest BCUT2D eigenvalue weighted by molar-refractivity contribution is 9.10. The molecule has 100 valence electrons. The summed E-state index contributed by atoms with van der Waals surface area (Å²) in [4.78, 5) is 12.0. The van der Waals surface area contributed by atoms with Gasteiger partial charge in [0.05, 0.1) is 4.47 Å². The number of H-pyrrole nitrogens is 1. The van der Waals surface area contributed by atoms with E-state index in [1.165, 1.54) is 0 Å². The fraction of sp³-hybridized carbons (Fsp3) is 0.357. The van der Waals surface area contributed by atoms with Gasteiger partial charge in [0.2, 0.25) is 0 Å². The van der Waals surface area contributed by atoms with Crippen molar-refractivity contribution in [3.8, 4) is 11.4 Å². The van der Waals surface area contributed by atoms with Crippen LogP contribution >= 0.6 is 28.1 Å². The standard InChI is InChI=1S/C14H16BrN3S/c1-8(2)6-11-12(15)14(19)18-13(17-11)10-7-16-5-4-9(10)3/h4-5,7-8H,6H2,1-3H3,(H,17,18,19). The molecule has 0 saturated heterocycles. The quantitative estimate of drug-likeness (QED) is 0.840. The molecule has 2 rings (SSSR count). The highest BCUT2D eigenvalue weighted by Gasteiger charge is 2.11. The summed E-state index contributed by atoms with van der Waals surface area (Å²) in [6.45, 7) is 6.40. The molecule has 0 fully saturated rings. The van der Waals surface area contributed by atoms with E-state index in [-0.39, 0.29) is 0 Å². The largest absolute Gasteiger partial charge is 0.342 e. The molecule has 0 unspecified atom stereocenters. The molecule has 0 radical (unpaired) electrons. The van der Waals surface area contributed by atoms with Gasteiger partial charge in [0.1, 0.15) is 10.5 Å². The first-order valence-corrected chi connectivity index (χ1v) is 7.39. The molecule has 2 heterocycles. The molecule has 0 aromatic carbocycles. The van der Waals surface area contributed by atoms with Crippen molar-refractivity contribution in [1.29, 1.82) is 0 Å². The Labute approximate surface area is 126 Å². The van der Waals surface area contributed by atoms with E-state index >= 15 is 0 Å². The molecule has 0 amide bonds. The van der Waals surface area contributed by atoms with Gasteiger partial charge in [0.25, 0.3) is 0 Å². The molecule has 2 aromatic rings. The van der Waals surface area contributed by atoms with Gasteiger partial charge in [-0.1, -0.05) is 26.1 Å². The van der Waals surface area contributed by atoms with Crippen LogP contribution in [0.25, 0.3) is 11.4 Å². The second kappa shape index (κ2) is 5.92. The molecule has 0 saturated carbocycles. The number of aromatic amines is 1. The maximum absolute atomic E-state index is 5.33. The molecule has 3 nitrogen and oxygen atoms in total. The summed E-state index contributed by atoms with van der Waals surface area (Å²) in [5, 5.41) is 0. The third-order valence-corrected chi connectivity index (χ3v) is 4.25. The number of halogens is 1. The molecule has 1 N–H and O–H groups in total. The van der Waals surface area contributed by atoms with Crippen molar-refractivity contribution in [2.75, 3.05) is 0 Å². The number of aromatic nitrogens is 3. The summed E-state index contributed by atoms with van der Waals surface area (Å²) in [6, 6.07) is 1.97. The van der Waals surface area contributed by atoms with Crippen molar-refractivity contribution in [2.24, 2.45) is 5.92 Å². The lowest BCUT2D eigenvalue weighted by molar-refractivity contribution is 0.632. The van der Waals surface area contributed by atoms with E-state index in [2.05, 4.69) is 44.7 Å². The van der Waals surface area contributed by atoms with Crippen molar-refractivity contribution in [3.05, 3.63) is 38.8 Å². The fourth-order valence-corrected chi connectivity index (χ4v) is 2.46. The molecule has 2 aromatic heterocycles. The zero-order valence-electron chi connectivity index (χ0n) is 11.2. The van der Waals surface area contributed by atoms with E-state index in [1.54, 1.807) is 6.20 Å². The number of hydrogen-bond donors (Lipinski definition) is 1. The Hall–Kier alpha value is -1.07. The summed E-state index contributed by atoms with van der Waals surface area (Å²) in [7, 11) is 0. The third kappa shape index (κ3) is 3.28. The second-order valence-electron chi connectivity index (χ2n) is 4.97. The number of aryl methyl sites for hydroxylation is 1. The van der Waals surface area contributed by atoms with Crippen LogP contribution in [0.2, 0.25) is 0 Å². The Morgan fingerprint density at radius 1 is 1.42 bits per heavy atom. The lowest BCUT2D eigenvalue weighted by atomic mass is 10.1. The highest BCUT2D eigenvalue weighted by atomic mass is 79.9. The average molecular weight is 338 g/mol. The van der Waals surface area contributed by atoms with E-state index < -0.39 is 0 Å². The maximum atomic E-state index is 5.33. The van der Waals surface area contributed by atoms with Crippen molar-refractivity contribution in [3.63, 3.8) is 0 Å². The summed E-state index contributed by atoms with van der Waals surface area (Å²) >= 11 is 8.85. The summed E-state index contributed by atoms with van der Waals surface area (Å²) in [6.07, 6.45) is 4.52. The summed E-state index contributed by atoms with van der Waals surface area (Å²) < 4.78 is 1.48. The number of rotatable bonds is 3. The SMILES string of the molecule is Cc1ccncc1-c1nc(=S)c(Br)c(CC(C)C)[nH]1. The monoisotopic (exact) mass is 337 g/mol. The first-order valence-electron chi connectivity index (χ1n) is 6.18. The first kappa shape index (κ1) is 14.3. The van der Waals surface area contributed by atoms with E-state index in [1.807, 2.05) is 19.2 Å². The van der Waals surface area contributed by atoms with Gasteiger partial charge in [-0.05, 0) is 46.8 Å². The Kier molecular flexibility index (Phi) is 4.47. The maximum Gasteiger partial charge on any atom is 0.144 e. The Morgan fingerprint density at radius 2 is 2.16 bits per heavy atom. The first-order chi connectivity index (χ1) is 8.99. The third-order valence-electron chi connectivity index (χ3n) is 2.84. The lowest BCUT2D eigenvalue weighted by Gasteiger charge is -2.11. The van der Waals surface area contributed by atoms with Gasteiger partial charge in [-0.2, -0.15) is 0 Å². The predicted molar refractivity (Wildman–Crippen MR) is 83.6 cm³/mol. The van der Waals surface area contributed by atoms with Gasteiger partial charge in [0, 0.05) is 23.7 Å². The van der Waals surface area contributed by atoms with Crippen LogP contribution in [0.3, 0.4) is 0 Å². The number of nitrogens with zero attached hydrogens (tertiary/aromatic N) is 2. The number of hydrogen-bond acceptors (Lipinski definition) is 3. The predicted octanol–water partition coefficient (Wildman–Crippen LogP) is 4.47. The minimum atomic E-state index is 0.548. The Morgan fingerprint density at radius 3 is 2.79 bits per heavy atom. The normalized spacial score (nSPS) is 11.0. The van der Waals surface area contributed by atoms with Crippen LogP contribution in [0.15, 0.2) is 22.9 Å². The van der Waals surface area contributed by atoms with E-state index in [9.17, 15) is 0 Å². The lowest BCUT2D eigenvalue weighted by Crippen LogP contribution is -2.03. The zero-order valence-corrected chi connectivity index (χ0v) is 13.6. The van der Waals surface area contributed by atoms with Gasteiger partial charge in [-0.15, -0.1) is 0 Å².